The highest BCUT2D eigenvalue weighted by Gasteiger charge is 2.02. The van der Waals surface area contributed by atoms with Gasteiger partial charge in [0, 0.05) is 0 Å². The van der Waals surface area contributed by atoms with E-state index in [0.29, 0.717) is 0 Å². The van der Waals surface area contributed by atoms with Crippen molar-refractivity contribution in [2.75, 3.05) is 0 Å². The van der Waals surface area contributed by atoms with Crippen molar-refractivity contribution in [3.05, 3.63) is 29.3 Å². The highest BCUT2D eigenvalue weighted by molar-refractivity contribution is 6.46. The number of hydrogen-bond acceptors (Lipinski definition) is 1. The van der Waals surface area contributed by atoms with Crippen molar-refractivity contribution in [3.8, 4) is 0 Å². The summed E-state index contributed by atoms with van der Waals surface area (Å²) in [5, 5.41) is 1.09. The Bertz CT molecular complexity index is 271. The predicted octanol–water partition coefficient (Wildman–Crippen LogP) is 1.57. The van der Waals surface area contributed by atoms with E-state index in [0.717, 1.165) is 11.6 Å². The lowest BCUT2D eigenvalue weighted by molar-refractivity contribution is 0.615. The second kappa shape index (κ2) is 5.20. The van der Waals surface area contributed by atoms with Crippen LogP contribution in [0.3, 0.4) is 0 Å². The van der Waals surface area contributed by atoms with E-state index in [1.54, 1.807) is 0 Å². The van der Waals surface area contributed by atoms with Gasteiger partial charge in [-0.2, -0.15) is 0 Å². The Morgan fingerprint density at radius 1 is 1.38 bits per heavy atom. The molecule has 1 rings (SSSR count). The van der Waals surface area contributed by atoms with E-state index in [4.69, 9.17) is 4.80 Å². The van der Waals surface area contributed by atoms with Gasteiger partial charge in [0.25, 0.3) is 9.76 Å². The minimum Gasteiger partial charge on any atom is -0.428 e. The molecule has 0 aliphatic carbocycles. The molecule has 0 amide bonds. The Hall–Kier alpha value is -0.603. The molecule has 1 nitrogen and oxygen atoms in total. The third-order valence-corrected chi connectivity index (χ3v) is 3.15. The number of hydrogen-bond donors (Lipinski definition) is 1. The summed E-state index contributed by atoms with van der Waals surface area (Å²) in [4.78, 5) is 9.10. The normalized spacial score (nSPS) is 10.4. The van der Waals surface area contributed by atoms with Crippen LogP contribution in [-0.2, 0) is 6.42 Å². The molecule has 0 bridgehead atoms. The monoisotopic (exact) mass is 192 g/mol. The van der Waals surface area contributed by atoms with Crippen molar-refractivity contribution >= 4 is 14.9 Å². The minimum atomic E-state index is -0.0696. The Balaban J connectivity index is 2.81. The van der Waals surface area contributed by atoms with Crippen LogP contribution in [0.25, 0.3) is 0 Å². The van der Waals surface area contributed by atoms with E-state index in [1.807, 2.05) is 12.1 Å². The van der Waals surface area contributed by atoms with Crippen molar-refractivity contribution in [1.29, 1.82) is 0 Å². The lowest BCUT2D eigenvalue weighted by Gasteiger charge is -2.07. The van der Waals surface area contributed by atoms with Crippen LogP contribution in [0.5, 0.6) is 0 Å². The van der Waals surface area contributed by atoms with Gasteiger partial charge in [0.2, 0.25) is 0 Å². The molecule has 0 spiro atoms. The first kappa shape index (κ1) is 10.5. The average molecular weight is 192 g/mol. The predicted molar refractivity (Wildman–Crippen MR) is 57.4 cm³/mol. The molecule has 2 heteroatoms. The summed E-state index contributed by atoms with van der Waals surface area (Å²) in [6.07, 6.45) is 3.60. The zero-order valence-electron chi connectivity index (χ0n) is 8.30. The Labute approximate surface area is 82.7 Å². The summed E-state index contributed by atoms with van der Waals surface area (Å²) in [6.45, 7) is 4.30. The van der Waals surface area contributed by atoms with Gasteiger partial charge in [-0.3, -0.25) is 0 Å². The maximum absolute atomic E-state index is 9.10. The van der Waals surface area contributed by atoms with Gasteiger partial charge in [-0.25, -0.2) is 0 Å². The molecule has 1 aromatic rings. The van der Waals surface area contributed by atoms with Crippen LogP contribution in [0.2, 0.25) is 0 Å². The molecule has 1 aromatic carbocycles. The molecular weight excluding hydrogens is 176 g/mol. The first-order valence-corrected chi connectivity index (χ1v) is 5.73. The lowest BCUT2D eigenvalue weighted by Crippen LogP contribution is -2.18. The molecule has 70 valence electrons. The van der Waals surface area contributed by atoms with E-state index in [2.05, 4.69) is 19.9 Å². The van der Waals surface area contributed by atoms with E-state index in [-0.39, 0.29) is 9.76 Å². The van der Waals surface area contributed by atoms with Crippen molar-refractivity contribution in [2.24, 2.45) is 0 Å². The van der Waals surface area contributed by atoms with Crippen LogP contribution < -0.4 is 5.19 Å². The first-order valence-electron chi connectivity index (χ1n) is 4.78. The fourth-order valence-corrected chi connectivity index (χ4v) is 1.94. The van der Waals surface area contributed by atoms with Crippen molar-refractivity contribution in [1.82, 2.24) is 0 Å². The van der Waals surface area contributed by atoms with Crippen LogP contribution in [0.1, 0.15) is 30.9 Å². The van der Waals surface area contributed by atoms with Gasteiger partial charge in [0.15, 0.2) is 0 Å². The largest absolute Gasteiger partial charge is 0.428 e. The second-order valence-corrected chi connectivity index (χ2v) is 4.07. The highest BCUT2D eigenvalue weighted by atomic mass is 28.2. The molecule has 1 N–H and O–H groups in total. The molecule has 0 saturated carbocycles. The Morgan fingerprint density at radius 3 is 2.77 bits per heavy atom. The molecule has 13 heavy (non-hydrogen) atoms. The van der Waals surface area contributed by atoms with E-state index in [9.17, 15) is 0 Å². The molecular formula is C11H16OSi. The molecule has 0 aliphatic heterocycles. The molecule has 2 radical (unpaired) electrons. The standard InChI is InChI=1S/C11H16OSi/c1-3-4-6-10-7-5-8-11(13-12)9(10)2/h5,7-8,12H,3-4,6H2,1-2H3. The van der Waals surface area contributed by atoms with Crippen molar-refractivity contribution in [3.63, 3.8) is 0 Å². The van der Waals surface area contributed by atoms with E-state index >= 15 is 0 Å². The molecule has 0 aromatic heterocycles. The minimum absolute atomic E-state index is 0.0696. The summed E-state index contributed by atoms with van der Waals surface area (Å²) < 4.78 is 0. The maximum atomic E-state index is 9.10. The molecule has 0 atom stereocenters. The van der Waals surface area contributed by atoms with Gasteiger partial charge in [-0.15, -0.1) is 0 Å². The molecule has 0 fully saturated rings. The third kappa shape index (κ3) is 2.67. The van der Waals surface area contributed by atoms with E-state index in [1.165, 1.54) is 24.0 Å². The smallest absolute Gasteiger partial charge is 0.265 e. The van der Waals surface area contributed by atoms with Crippen molar-refractivity contribution < 1.29 is 4.80 Å². The van der Waals surface area contributed by atoms with Gasteiger partial charge in [-0.05, 0) is 36.1 Å². The summed E-state index contributed by atoms with van der Waals surface area (Å²) >= 11 is 0. The van der Waals surface area contributed by atoms with Crippen LogP contribution in [0.4, 0.5) is 0 Å². The lowest BCUT2D eigenvalue weighted by atomic mass is 10.0. The first-order chi connectivity index (χ1) is 6.29. The van der Waals surface area contributed by atoms with Gasteiger partial charge in [-0.1, -0.05) is 31.5 Å². The second-order valence-electron chi connectivity index (χ2n) is 3.31. The Morgan fingerprint density at radius 2 is 2.15 bits per heavy atom. The van der Waals surface area contributed by atoms with Crippen LogP contribution in [0.15, 0.2) is 18.2 Å². The third-order valence-electron chi connectivity index (χ3n) is 2.37. The topological polar surface area (TPSA) is 20.2 Å². The van der Waals surface area contributed by atoms with Gasteiger partial charge < -0.3 is 4.80 Å². The fourth-order valence-electron chi connectivity index (χ4n) is 1.44. The highest BCUT2D eigenvalue weighted by Crippen LogP contribution is 2.08. The Kier molecular flexibility index (Phi) is 4.19. The van der Waals surface area contributed by atoms with Gasteiger partial charge in [0.1, 0.15) is 0 Å². The molecule has 0 heterocycles. The zero-order chi connectivity index (χ0) is 9.68. The molecule has 0 aliphatic rings. The summed E-state index contributed by atoms with van der Waals surface area (Å²) in [6, 6.07) is 6.20. The molecule has 0 unspecified atom stereocenters. The number of benzene rings is 1. The molecule has 0 saturated heterocycles. The summed E-state index contributed by atoms with van der Waals surface area (Å²) in [5.74, 6) is 0. The van der Waals surface area contributed by atoms with Gasteiger partial charge in [0.05, 0.1) is 0 Å². The quantitative estimate of drug-likeness (QED) is 0.718. The number of aryl methyl sites for hydroxylation is 1. The van der Waals surface area contributed by atoms with Gasteiger partial charge >= 0.3 is 0 Å². The SMILES string of the molecule is CCCCc1cccc([Si]O)c1C. The van der Waals surface area contributed by atoms with Crippen molar-refractivity contribution in [2.45, 2.75) is 33.1 Å². The van der Waals surface area contributed by atoms with Crippen LogP contribution in [0, 0.1) is 6.92 Å². The maximum Gasteiger partial charge on any atom is 0.265 e. The number of unbranched alkanes of at least 4 members (excludes halogenated alkanes) is 1. The van der Waals surface area contributed by atoms with E-state index < -0.39 is 0 Å². The van der Waals surface area contributed by atoms with Crippen LogP contribution in [-0.4, -0.2) is 14.6 Å². The average Bonchev–Trinajstić information content (AvgIpc) is 2.16. The fraction of sp³-hybridized carbons (Fsp3) is 0.455. The summed E-state index contributed by atoms with van der Waals surface area (Å²) in [5.41, 5.74) is 2.66. The summed E-state index contributed by atoms with van der Waals surface area (Å²) in [7, 11) is -0.0696. The number of rotatable bonds is 4. The zero-order valence-corrected chi connectivity index (χ0v) is 9.30. The van der Waals surface area contributed by atoms with Crippen LogP contribution >= 0.6 is 0 Å².